The minimum atomic E-state index is -4.40. The van der Waals surface area contributed by atoms with Crippen LogP contribution in [0.5, 0.6) is 0 Å². The van der Waals surface area contributed by atoms with Gasteiger partial charge in [0, 0.05) is 11.1 Å². The molecule has 1 heterocycles. The van der Waals surface area contributed by atoms with Gasteiger partial charge in [-0.15, -0.1) is 0 Å². The predicted octanol–water partition coefficient (Wildman–Crippen LogP) is 3.38. The Labute approximate surface area is 134 Å². The van der Waals surface area contributed by atoms with Gasteiger partial charge in [0.05, 0.1) is 11.1 Å². The molecule has 0 fully saturated rings. The molecule has 2 aromatic rings. The van der Waals surface area contributed by atoms with Gasteiger partial charge in [0.1, 0.15) is 0 Å². The highest BCUT2D eigenvalue weighted by Crippen LogP contribution is 2.30. The molecule has 1 aliphatic rings. The number of halogens is 3. The monoisotopic (exact) mass is 336 g/mol. The van der Waals surface area contributed by atoms with Gasteiger partial charge in [-0.25, -0.2) is 4.79 Å². The highest BCUT2D eigenvalue weighted by Gasteiger charge is 2.31. The Morgan fingerprint density at radius 2 is 1.88 bits per heavy atom. The second kappa shape index (κ2) is 5.88. The van der Waals surface area contributed by atoms with Crippen molar-refractivity contribution >= 4 is 11.8 Å². The van der Waals surface area contributed by atoms with Crippen molar-refractivity contribution in [2.24, 2.45) is 5.16 Å². The van der Waals surface area contributed by atoms with Crippen molar-refractivity contribution < 1.29 is 27.9 Å². The van der Waals surface area contributed by atoms with Crippen molar-refractivity contribution in [1.82, 2.24) is 5.32 Å². The van der Waals surface area contributed by atoms with E-state index in [1.54, 1.807) is 12.1 Å². The van der Waals surface area contributed by atoms with Crippen LogP contribution in [0.1, 0.15) is 33.3 Å². The summed E-state index contributed by atoms with van der Waals surface area (Å²) in [7, 11) is 0. The molecule has 0 saturated carbocycles. The van der Waals surface area contributed by atoms with Crippen LogP contribution < -0.4 is 5.32 Å². The van der Waals surface area contributed by atoms with Crippen LogP contribution in [-0.4, -0.2) is 16.9 Å². The van der Waals surface area contributed by atoms with Gasteiger partial charge < -0.3 is 15.3 Å². The number of aromatic carboxylic acids is 1. The first kappa shape index (κ1) is 15.9. The van der Waals surface area contributed by atoms with Gasteiger partial charge in [0.15, 0.2) is 5.84 Å². The maximum absolute atomic E-state index is 12.6. The molecule has 0 bridgehead atoms. The van der Waals surface area contributed by atoms with Crippen LogP contribution in [0.4, 0.5) is 13.2 Å². The molecule has 1 aliphatic heterocycles. The van der Waals surface area contributed by atoms with E-state index in [-0.39, 0.29) is 5.56 Å². The first-order valence-electron chi connectivity index (χ1n) is 6.86. The number of hydrogen-bond donors (Lipinski definition) is 2. The summed E-state index contributed by atoms with van der Waals surface area (Å²) in [6.07, 6.45) is -5.14. The van der Waals surface area contributed by atoms with E-state index in [1.807, 2.05) is 0 Å². The van der Waals surface area contributed by atoms with E-state index in [0.29, 0.717) is 17.0 Å². The average molecular weight is 336 g/mol. The number of hydrogen-bond acceptors (Lipinski definition) is 4. The van der Waals surface area contributed by atoms with Gasteiger partial charge in [0.2, 0.25) is 6.23 Å². The number of oxime groups is 1. The fourth-order valence-corrected chi connectivity index (χ4v) is 2.21. The first-order valence-corrected chi connectivity index (χ1v) is 6.86. The summed E-state index contributed by atoms with van der Waals surface area (Å²) in [4.78, 5) is 16.2. The Hall–Kier alpha value is -3.03. The molecular weight excluding hydrogens is 325 g/mol. The second-order valence-electron chi connectivity index (χ2n) is 5.08. The summed E-state index contributed by atoms with van der Waals surface area (Å²) < 4.78 is 37.7. The zero-order valence-corrected chi connectivity index (χ0v) is 12.0. The molecule has 2 N–H and O–H groups in total. The van der Waals surface area contributed by atoms with Crippen LogP contribution in [-0.2, 0) is 11.0 Å². The molecule has 124 valence electrons. The number of amidine groups is 1. The molecule has 0 spiro atoms. The van der Waals surface area contributed by atoms with Crippen molar-refractivity contribution in [3.05, 3.63) is 70.8 Å². The summed E-state index contributed by atoms with van der Waals surface area (Å²) in [5, 5.41) is 15.7. The molecule has 3 rings (SSSR count). The maximum Gasteiger partial charge on any atom is 0.416 e. The molecule has 1 atom stereocenters. The SMILES string of the molecule is O=C(O)c1cccc(C2=NOC(c3ccc(C(F)(F)F)cc3)N2)c1. The van der Waals surface area contributed by atoms with Crippen LogP contribution in [0.3, 0.4) is 0 Å². The fraction of sp³-hybridized carbons (Fsp3) is 0.125. The van der Waals surface area contributed by atoms with Gasteiger partial charge in [-0.2, -0.15) is 13.2 Å². The van der Waals surface area contributed by atoms with E-state index in [1.165, 1.54) is 24.3 Å². The number of nitrogens with zero attached hydrogens (tertiary/aromatic N) is 1. The van der Waals surface area contributed by atoms with Gasteiger partial charge in [-0.3, -0.25) is 0 Å². The van der Waals surface area contributed by atoms with Crippen LogP contribution in [0.2, 0.25) is 0 Å². The molecule has 0 saturated heterocycles. The first-order chi connectivity index (χ1) is 11.3. The summed E-state index contributed by atoms with van der Waals surface area (Å²) in [6.45, 7) is 0. The molecule has 0 aromatic heterocycles. The highest BCUT2D eigenvalue weighted by molar-refractivity contribution is 6.01. The Morgan fingerprint density at radius 1 is 1.17 bits per heavy atom. The number of carboxylic acids is 1. The number of rotatable bonds is 3. The highest BCUT2D eigenvalue weighted by atomic mass is 19.4. The predicted molar refractivity (Wildman–Crippen MR) is 78.3 cm³/mol. The fourth-order valence-electron chi connectivity index (χ4n) is 2.21. The third-order valence-corrected chi connectivity index (χ3v) is 3.44. The van der Waals surface area contributed by atoms with E-state index >= 15 is 0 Å². The lowest BCUT2D eigenvalue weighted by atomic mass is 10.1. The number of carboxylic acid groups (broad SMARTS) is 1. The van der Waals surface area contributed by atoms with Crippen LogP contribution >= 0.6 is 0 Å². The summed E-state index contributed by atoms with van der Waals surface area (Å²) >= 11 is 0. The van der Waals surface area contributed by atoms with Gasteiger partial charge in [-0.1, -0.05) is 29.4 Å². The van der Waals surface area contributed by atoms with Crippen molar-refractivity contribution in [3.63, 3.8) is 0 Å². The normalized spacial score (nSPS) is 17.0. The molecule has 0 aliphatic carbocycles. The summed E-state index contributed by atoms with van der Waals surface area (Å²) in [6, 6.07) is 10.6. The Kier molecular flexibility index (Phi) is 3.88. The average Bonchev–Trinajstić information content (AvgIpc) is 3.04. The minimum absolute atomic E-state index is 0.0926. The van der Waals surface area contributed by atoms with E-state index in [9.17, 15) is 18.0 Å². The number of benzene rings is 2. The second-order valence-corrected chi connectivity index (χ2v) is 5.08. The third kappa shape index (κ3) is 3.17. The Balaban J connectivity index is 1.75. The molecule has 2 aromatic carbocycles. The molecule has 24 heavy (non-hydrogen) atoms. The summed E-state index contributed by atoms with van der Waals surface area (Å²) in [5.74, 6) is -0.765. The lowest BCUT2D eigenvalue weighted by Gasteiger charge is -2.12. The largest absolute Gasteiger partial charge is 0.478 e. The van der Waals surface area contributed by atoms with Crippen molar-refractivity contribution in [1.29, 1.82) is 0 Å². The quantitative estimate of drug-likeness (QED) is 0.901. The number of alkyl halides is 3. The van der Waals surface area contributed by atoms with Gasteiger partial charge >= 0.3 is 12.1 Å². The standard InChI is InChI=1S/C16H11F3N2O3/c17-16(18,19)12-6-4-9(5-7-12)14-20-13(21-24-14)10-2-1-3-11(8-10)15(22)23/h1-8,14H,(H,20,21)(H,22,23). The van der Waals surface area contributed by atoms with Crippen LogP contribution in [0, 0.1) is 0 Å². The molecule has 1 unspecified atom stereocenters. The maximum atomic E-state index is 12.6. The molecule has 0 radical (unpaired) electrons. The van der Waals surface area contributed by atoms with Crippen LogP contribution in [0.15, 0.2) is 53.7 Å². The lowest BCUT2D eigenvalue weighted by Crippen LogP contribution is -2.23. The van der Waals surface area contributed by atoms with Gasteiger partial charge in [-0.05, 0) is 24.3 Å². The Bertz CT molecular complexity index is 801. The molecule has 8 heteroatoms. The van der Waals surface area contributed by atoms with E-state index in [2.05, 4.69) is 10.5 Å². The number of carbonyl (C=O) groups is 1. The third-order valence-electron chi connectivity index (χ3n) is 3.44. The Morgan fingerprint density at radius 3 is 2.50 bits per heavy atom. The lowest BCUT2D eigenvalue weighted by molar-refractivity contribution is -0.137. The minimum Gasteiger partial charge on any atom is -0.478 e. The number of nitrogens with one attached hydrogen (secondary N) is 1. The van der Waals surface area contributed by atoms with Crippen molar-refractivity contribution in [2.75, 3.05) is 0 Å². The smallest absolute Gasteiger partial charge is 0.416 e. The van der Waals surface area contributed by atoms with Crippen molar-refractivity contribution in [2.45, 2.75) is 12.4 Å². The zero-order chi connectivity index (χ0) is 17.3. The zero-order valence-electron chi connectivity index (χ0n) is 12.0. The van der Waals surface area contributed by atoms with Crippen LogP contribution in [0.25, 0.3) is 0 Å². The van der Waals surface area contributed by atoms with E-state index in [4.69, 9.17) is 9.94 Å². The molecular formula is C16H11F3N2O3. The van der Waals surface area contributed by atoms with E-state index < -0.39 is 23.9 Å². The summed E-state index contributed by atoms with van der Waals surface area (Å²) in [5.41, 5.74) is 0.315. The molecule has 5 nitrogen and oxygen atoms in total. The van der Waals surface area contributed by atoms with E-state index in [0.717, 1.165) is 12.1 Å². The van der Waals surface area contributed by atoms with Crippen molar-refractivity contribution in [3.8, 4) is 0 Å². The molecule has 0 amide bonds. The van der Waals surface area contributed by atoms with Gasteiger partial charge in [0.25, 0.3) is 0 Å². The topological polar surface area (TPSA) is 70.9 Å².